The number of aromatic nitrogens is 1. The average molecular weight is 322 g/mol. The van der Waals surface area contributed by atoms with Crippen LogP contribution in [0.3, 0.4) is 0 Å². The number of ether oxygens (including phenoxy) is 1. The van der Waals surface area contributed by atoms with Crippen LogP contribution in [0.4, 0.5) is 0 Å². The summed E-state index contributed by atoms with van der Waals surface area (Å²) in [5, 5.41) is 12.3. The Bertz CT molecular complexity index is 550. The van der Waals surface area contributed by atoms with Gasteiger partial charge in [-0.25, -0.2) is 4.98 Å². The van der Waals surface area contributed by atoms with Crippen LogP contribution in [0.5, 0.6) is 0 Å². The van der Waals surface area contributed by atoms with E-state index in [0.717, 1.165) is 42.5 Å². The van der Waals surface area contributed by atoms with Crippen molar-refractivity contribution in [3.8, 4) is 0 Å². The van der Waals surface area contributed by atoms with Gasteiger partial charge in [-0.1, -0.05) is 0 Å². The van der Waals surface area contributed by atoms with Gasteiger partial charge in [-0.15, -0.1) is 11.3 Å². The predicted molar refractivity (Wildman–Crippen MR) is 84.6 cm³/mol. The van der Waals surface area contributed by atoms with E-state index in [1.807, 2.05) is 23.7 Å². The van der Waals surface area contributed by atoms with Crippen molar-refractivity contribution >= 4 is 11.3 Å². The van der Waals surface area contributed by atoms with E-state index in [9.17, 15) is 5.11 Å². The van der Waals surface area contributed by atoms with Crippen LogP contribution in [-0.2, 0) is 17.8 Å². The van der Waals surface area contributed by atoms with Gasteiger partial charge in [-0.2, -0.15) is 0 Å². The molecule has 120 valence electrons. The van der Waals surface area contributed by atoms with Gasteiger partial charge in [-0.05, 0) is 31.4 Å². The van der Waals surface area contributed by atoms with Gasteiger partial charge in [0, 0.05) is 24.7 Å². The molecule has 1 aliphatic heterocycles. The van der Waals surface area contributed by atoms with Crippen molar-refractivity contribution in [3.05, 3.63) is 40.2 Å². The van der Waals surface area contributed by atoms with Crippen molar-refractivity contribution in [1.29, 1.82) is 0 Å². The summed E-state index contributed by atoms with van der Waals surface area (Å²) in [7, 11) is 0. The smallest absolute Gasteiger partial charge is 0.133 e. The third kappa shape index (κ3) is 4.16. The third-order valence-corrected chi connectivity index (χ3v) is 4.58. The first kappa shape index (κ1) is 15.7. The number of nitrogens with zero attached hydrogens (tertiary/aromatic N) is 2. The zero-order valence-corrected chi connectivity index (χ0v) is 13.4. The van der Waals surface area contributed by atoms with Gasteiger partial charge in [0.2, 0.25) is 0 Å². The zero-order valence-electron chi connectivity index (χ0n) is 12.6. The maximum absolute atomic E-state index is 9.24. The van der Waals surface area contributed by atoms with Crippen molar-refractivity contribution in [2.24, 2.45) is 0 Å². The second kappa shape index (κ2) is 7.87. The lowest BCUT2D eigenvalue weighted by molar-refractivity contribution is 0.000760. The molecule has 3 rings (SSSR count). The molecule has 1 fully saturated rings. The number of rotatable bonds is 7. The number of furan rings is 1. The van der Waals surface area contributed by atoms with Gasteiger partial charge < -0.3 is 14.3 Å². The second-order valence-electron chi connectivity index (χ2n) is 5.52. The zero-order chi connectivity index (χ0) is 15.2. The molecular weight excluding hydrogens is 300 g/mol. The summed E-state index contributed by atoms with van der Waals surface area (Å²) >= 11 is 1.63. The van der Waals surface area contributed by atoms with E-state index in [1.54, 1.807) is 11.3 Å². The molecule has 1 atom stereocenters. The molecule has 5 nitrogen and oxygen atoms in total. The van der Waals surface area contributed by atoms with Crippen LogP contribution in [0.15, 0.2) is 28.1 Å². The maximum atomic E-state index is 9.24. The molecule has 0 amide bonds. The quantitative estimate of drug-likeness (QED) is 0.849. The van der Waals surface area contributed by atoms with E-state index in [-0.39, 0.29) is 12.7 Å². The van der Waals surface area contributed by atoms with Crippen LogP contribution in [0, 0.1) is 0 Å². The minimum absolute atomic E-state index is 0.104. The van der Waals surface area contributed by atoms with E-state index in [0.29, 0.717) is 13.1 Å². The Morgan fingerprint density at radius 2 is 2.27 bits per heavy atom. The molecular formula is C16H22N2O3S. The third-order valence-electron chi connectivity index (χ3n) is 3.82. The van der Waals surface area contributed by atoms with E-state index >= 15 is 0 Å². The molecule has 22 heavy (non-hydrogen) atoms. The number of aliphatic hydroxyl groups excluding tert-OH is 1. The molecule has 0 aromatic carbocycles. The summed E-state index contributed by atoms with van der Waals surface area (Å²) in [6, 6.07) is 4.03. The summed E-state index contributed by atoms with van der Waals surface area (Å²) in [4.78, 5) is 6.45. The van der Waals surface area contributed by atoms with Crippen LogP contribution in [0.1, 0.15) is 41.9 Å². The van der Waals surface area contributed by atoms with Gasteiger partial charge in [0.1, 0.15) is 22.6 Å². The highest BCUT2D eigenvalue weighted by atomic mass is 32.1. The van der Waals surface area contributed by atoms with Crippen LogP contribution in [0.25, 0.3) is 0 Å². The van der Waals surface area contributed by atoms with Crippen LogP contribution < -0.4 is 0 Å². The molecule has 0 unspecified atom stereocenters. The molecule has 3 heterocycles. The SMILES string of the molecule is OCCN(Cc1ccc([C@H]2CCCCO2)o1)Cc1nccs1. The van der Waals surface area contributed by atoms with Crippen molar-refractivity contribution in [2.45, 2.75) is 38.5 Å². The predicted octanol–water partition coefficient (Wildman–Crippen LogP) is 2.97. The molecule has 0 saturated carbocycles. The molecule has 1 N–H and O–H groups in total. The fourth-order valence-corrected chi connectivity index (χ4v) is 3.37. The highest BCUT2D eigenvalue weighted by Gasteiger charge is 2.20. The van der Waals surface area contributed by atoms with Gasteiger partial charge >= 0.3 is 0 Å². The topological polar surface area (TPSA) is 58.7 Å². The van der Waals surface area contributed by atoms with E-state index in [1.165, 1.54) is 6.42 Å². The summed E-state index contributed by atoms with van der Waals surface area (Å²) in [5.74, 6) is 1.84. The van der Waals surface area contributed by atoms with Crippen molar-refractivity contribution in [2.75, 3.05) is 19.8 Å². The normalized spacial score (nSPS) is 18.9. The maximum Gasteiger partial charge on any atom is 0.133 e. The number of aliphatic hydroxyl groups is 1. The summed E-state index contributed by atoms with van der Waals surface area (Å²) in [6.07, 6.45) is 5.28. The first-order valence-corrected chi connectivity index (χ1v) is 8.65. The van der Waals surface area contributed by atoms with Crippen LogP contribution >= 0.6 is 11.3 Å². The lowest BCUT2D eigenvalue weighted by Gasteiger charge is -2.21. The first-order chi connectivity index (χ1) is 10.8. The Morgan fingerprint density at radius 3 is 3.00 bits per heavy atom. The summed E-state index contributed by atoms with van der Waals surface area (Å²) in [5.41, 5.74) is 0. The number of thiazole rings is 1. The molecule has 6 heteroatoms. The lowest BCUT2D eigenvalue weighted by Crippen LogP contribution is -2.25. The van der Waals surface area contributed by atoms with Crippen LogP contribution in [-0.4, -0.2) is 34.7 Å². The molecule has 2 aromatic rings. The van der Waals surface area contributed by atoms with Crippen molar-refractivity contribution < 1.29 is 14.3 Å². The van der Waals surface area contributed by atoms with E-state index in [4.69, 9.17) is 9.15 Å². The van der Waals surface area contributed by atoms with E-state index in [2.05, 4.69) is 9.88 Å². The molecule has 2 aromatic heterocycles. The fraction of sp³-hybridized carbons (Fsp3) is 0.562. The van der Waals surface area contributed by atoms with E-state index < -0.39 is 0 Å². The highest BCUT2D eigenvalue weighted by Crippen LogP contribution is 2.29. The number of hydrogen-bond donors (Lipinski definition) is 1. The summed E-state index contributed by atoms with van der Waals surface area (Å²) in [6.45, 7) is 2.96. The van der Waals surface area contributed by atoms with Gasteiger partial charge in [-0.3, -0.25) is 4.90 Å². The molecule has 0 aliphatic carbocycles. The minimum atomic E-state index is 0.104. The Morgan fingerprint density at radius 1 is 1.32 bits per heavy atom. The first-order valence-electron chi connectivity index (χ1n) is 7.77. The van der Waals surface area contributed by atoms with Gasteiger partial charge in [0.25, 0.3) is 0 Å². The fourth-order valence-electron chi connectivity index (χ4n) is 2.72. The molecule has 1 aliphatic rings. The molecule has 0 spiro atoms. The largest absolute Gasteiger partial charge is 0.462 e. The standard InChI is InChI=1S/C16H22N2O3S/c19-8-7-18(12-16-17-6-10-22-16)11-13-4-5-15(21-13)14-3-1-2-9-20-14/h4-6,10,14,19H,1-3,7-9,11-12H2/t14-/m1/s1. The summed E-state index contributed by atoms with van der Waals surface area (Å²) < 4.78 is 11.7. The Balaban J connectivity index is 1.61. The molecule has 0 radical (unpaired) electrons. The van der Waals surface area contributed by atoms with Gasteiger partial charge in [0.15, 0.2) is 0 Å². The number of hydrogen-bond acceptors (Lipinski definition) is 6. The minimum Gasteiger partial charge on any atom is -0.462 e. The Hall–Kier alpha value is -1.21. The molecule has 0 bridgehead atoms. The van der Waals surface area contributed by atoms with Crippen molar-refractivity contribution in [3.63, 3.8) is 0 Å². The Kier molecular flexibility index (Phi) is 5.61. The lowest BCUT2D eigenvalue weighted by atomic mass is 10.1. The average Bonchev–Trinajstić information content (AvgIpc) is 3.20. The Labute approximate surface area is 134 Å². The molecule has 1 saturated heterocycles. The highest BCUT2D eigenvalue weighted by molar-refractivity contribution is 7.09. The van der Waals surface area contributed by atoms with Crippen LogP contribution in [0.2, 0.25) is 0 Å². The van der Waals surface area contributed by atoms with Crippen molar-refractivity contribution in [1.82, 2.24) is 9.88 Å². The second-order valence-corrected chi connectivity index (χ2v) is 6.50. The monoisotopic (exact) mass is 322 g/mol. The van der Waals surface area contributed by atoms with Gasteiger partial charge in [0.05, 0.1) is 19.7 Å².